The lowest BCUT2D eigenvalue weighted by Gasteiger charge is -2.19. The van der Waals surface area contributed by atoms with Gasteiger partial charge in [0.15, 0.2) is 5.65 Å². The van der Waals surface area contributed by atoms with Gasteiger partial charge in [-0.05, 0) is 57.1 Å². The second kappa shape index (κ2) is 8.66. The summed E-state index contributed by atoms with van der Waals surface area (Å²) in [6.45, 7) is 4.70. The minimum atomic E-state index is -4.54. The number of alkyl halides is 3. The summed E-state index contributed by atoms with van der Waals surface area (Å²) >= 11 is 0. The number of aryl methyl sites for hydroxylation is 1. The molecule has 2 aromatic heterocycles. The molecular weight excluding hydrogens is 407 g/mol. The Morgan fingerprint density at radius 3 is 2.55 bits per heavy atom. The number of pyridine rings is 1. The van der Waals surface area contributed by atoms with E-state index < -0.39 is 11.7 Å². The van der Waals surface area contributed by atoms with Crippen molar-refractivity contribution in [3.8, 4) is 17.0 Å². The van der Waals surface area contributed by atoms with Crippen molar-refractivity contribution in [1.82, 2.24) is 19.9 Å². The molecule has 4 rings (SSSR count). The molecule has 1 aliphatic rings. The largest absolute Gasteiger partial charge is 0.492 e. The molecule has 1 aliphatic heterocycles. The molecule has 3 heterocycles. The van der Waals surface area contributed by atoms with Crippen LogP contribution in [0.15, 0.2) is 30.3 Å². The van der Waals surface area contributed by atoms with E-state index >= 15 is 0 Å². The van der Waals surface area contributed by atoms with Crippen LogP contribution in [-0.4, -0.2) is 53.1 Å². The van der Waals surface area contributed by atoms with Gasteiger partial charge in [-0.25, -0.2) is 15.0 Å². The van der Waals surface area contributed by atoms with Crippen LogP contribution in [0.3, 0.4) is 0 Å². The van der Waals surface area contributed by atoms with E-state index in [-0.39, 0.29) is 17.0 Å². The molecule has 1 fully saturated rings. The highest BCUT2D eigenvalue weighted by atomic mass is 19.4. The maximum Gasteiger partial charge on any atom is 0.417 e. The summed E-state index contributed by atoms with van der Waals surface area (Å²) in [4.78, 5) is 15.3. The maximum absolute atomic E-state index is 13.9. The molecule has 31 heavy (non-hydrogen) atoms. The van der Waals surface area contributed by atoms with Crippen LogP contribution < -0.4 is 10.1 Å². The molecule has 0 saturated carbocycles. The number of aromatic nitrogens is 3. The molecule has 9 heteroatoms. The lowest BCUT2D eigenvalue weighted by atomic mass is 10.0. The minimum absolute atomic E-state index is 0.0689. The number of hydrogen-bond donors (Lipinski definition) is 1. The minimum Gasteiger partial charge on any atom is -0.492 e. The van der Waals surface area contributed by atoms with Gasteiger partial charge in [-0.15, -0.1) is 0 Å². The number of fused-ring (bicyclic) bond motifs is 1. The number of hydrogen-bond acceptors (Lipinski definition) is 6. The van der Waals surface area contributed by atoms with Crippen LogP contribution in [0.5, 0.6) is 5.75 Å². The molecule has 0 radical (unpaired) electrons. The smallest absolute Gasteiger partial charge is 0.417 e. The van der Waals surface area contributed by atoms with Gasteiger partial charge in [0.2, 0.25) is 0 Å². The van der Waals surface area contributed by atoms with Gasteiger partial charge >= 0.3 is 6.18 Å². The topological polar surface area (TPSA) is 63.2 Å². The molecule has 1 aromatic carbocycles. The van der Waals surface area contributed by atoms with Gasteiger partial charge in [0.05, 0.1) is 22.2 Å². The summed E-state index contributed by atoms with van der Waals surface area (Å²) in [5, 5.41) is 3.61. The molecule has 0 atom stereocenters. The first kappa shape index (κ1) is 21.3. The molecule has 0 spiro atoms. The molecule has 1 saturated heterocycles. The molecule has 6 nitrogen and oxygen atoms in total. The average Bonchev–Trinajstić information content (AvgIpc) is 3.25. The van der Waals surface area contributed by atoms with Crippen molar-refractivity contribution in [3.05, 3.63) is 41.7 Å². The van der Waals surface area contributed by atoms with Crippen molar-refractivity contribution in [1.29, 1.82) is 0 Å². The van der Waals surface area contributed by atoms with Crippen LogP contribution in [0.1, 0.15) is 24.2 Å². The third kappa shape index (κ3) is 4.56. The molecule has 0 aliphatic carbocycles. The first-order valence-electron chi connectivity index (χ1n) is 10.3. The number of nitrogens with zero attached hydrogens (tertiary/aromatic N) is 4. The predicted octanol–water partition coefficient (Wildman–Crippen LogP) is 4.54. The third-order valence-electron chi connectivity index (χ3n) is 5.36. The average molecular weight is 431 g/mol. The van der Waals surface area contributed by atoms with Crippen molar-refractivity contribution in [2.24, 2.45) is 0 Å². The van der Waals surface area contributed by atoms with Crippen LogP contribution in [0.2, 0.25) is 0 Å². The number of anilines is 1. The Hall–Kier alpha value is -2.94. The first-order valence-corrected chi connectivity index (χ1v) is 10.3. The summed E-state index contributed by atoms with van der Waals surface area (Å²) in [5.41, 5.74) is -0.357. The maximum atomic E-state index is 13.9. The number of benzene rings is 1. The van der Waals surface area contributed by atoms with Crippen LogP contribution in [0, 0.1) is 6.92 Å². The Kier molecular flexibility index (Phi) is 5.95. The van der Waals surface area contributed by atoms with Crippen molar-refractivity contribution >= 4 is 16.9 Å². The van der Waals surface area contributed by atoms with E-state index in [1.807, 2.05) is 0 Å². The zero-order chi connectivity index (χ0) is 22.0. The summed E-state index contributed by atoms with van der Waals surface area (Å²) in [6, 6.07) is 7.22. The molecule has 1 N–H and O–H groups in total. The second-order valence-corrected chi connectivity index (χ2v) is 7.51. The van der Waals surface area contributed by atoms with Gasteiger partial charge in [-0.2, -0.15) is 13.2 Å². The van der Waals surface area contributed by atoms with Crippen LogP contribution in [-0.2, 0) is 6.18 Å². The van der Waals surface area contributed by atoms with E-state index in [1.54, 1.807) is 32.2 Å². The first-order chi connectivity index (χ1) is 14.9. The number of halogens is 3. The van der Waals surface area contributed by atoms with E-state index in [0.29, 0.717) is 35.8 Å². The number of ether oxygens (including phenoxy) is 1. The second-order valence-electron chi connectivity index (χ2n) is 7.51. The third-order valence-corrected chi connectivity index (χ3v) is 5.36. The van der Waals surface area contributed by atoms with Gasteiger partial charge in [-0.3, -0.25) is 4.90 Å². The lowest BCUT2D eigenvalue weighted by molar-refractivity contribution is -0.137. The Labute approximate surface area is 178 Å². The highest BCUT2D eigenvalue weighted by Crippen LogP contribution is 2.42. The fourth-order valence-corrected chi connectivity index (χ4v) is 3.89. The van der Waals surface area contributed by atoms with Crippen LogP contribution in [0.25, 0.3) is 22.3 Å². The molecule has 0 amide bonds. The standard InChI is InChI=1S/C22H24F3N5O/c1-14-27-20(26-2)15-8-9-17(29-21(15)28-14)19-16(22(23,24)25)6-5-7-18(19)31-13-12-30-10-3-4-11-30/h5-9H,3-4,10-13H2,1-2H3,(H,26,27,28,29). The lowest BCUT2D eigenvalue weighted by Crippen LogP contribution is -2.25. The fraction of sp³-hybridized carbons (Fsp3) is 0.409. The Morgan fingerprint density at radius 2 is 1.84 bits per heavy atom. The van der Waals surface area contributed by atoms with Crippen LogP contribution >= 0.6 is 0 Å². The van der Waals surface area contributed by atoms with E-state index in [9.17, 15) is 13.2 Å². The molecule has 0 unspecified atom stereocenters. The Bertz CT molecular complexity index is 1080. The molecular formula is C22H24F3N5O. The fourth-order valence-electron chi connectivity index (χ4n) is 3.89. The van der Waals surface area contributed by atoms with Crippen molar-refractivity contribution in [3.63, 3.8) is 0 Å². The summed E-state index contributed by atoms with van der Waals surface area (Å²) in [7, 11) is 1.72. The summed E-state index contributed by atoms with van der Waals surface area (Å²) in [5.74, 6) is 1.22. The van der Waals surface area contributed by atoms with Gasteiger partial charge in [0.1, 0.15) is 24.0 Å². The summed E-state index contributed by atoms with van der Waals surface area (Å²) in [6.07, 6.45) is -2.25. The number of likely N-dealkylation sites (tertiary alicyclic amines) is 1. The number of nitrogens with one attached hydrogen (secondary N) is 1. The highest BCUT2D eigenvalue weighted by molar-refractivity contribution is 5.89. The van der Waals surface area contributed by atoms with E-state index in [2.05, 4.69) is 25.2 Å². The normalized spacial score (nSPS) is 14.9. The van der Waals surface area contributed by atoms with Crippen molar-refractivity contribution in [2.45, 2.75) is 25.9 Å². The van der Waals surface area contributed by atoms with Crippen molar-refractivity contribution in [2.75, 3.05) is 38.6 Å². The van der Waals surface area contributed by atoms with E-state index in [0.717, 1.165) is 32.0 Å². The number of rotatable bonds is 6. The summed E-state index contributed by atoms with van der Waals surface area (Å²) < 4.78 is 47.4. The van der Waals surface area contributed by atoms with E-state index in [4.69, 9.17) is 4.74 Å². The SMILES string of the molecule is CNc1nc(C)nc2nc(-c3c(OCCN4CCCC4)cccc3C(F)(F)F)ccc12. The molecule has 164 valence electrons. The van der Waals surface area contributed by atoms with E-state index in [1.165, 1.54) is 6.07 Å². The highest BCUT2D eigenvalue weighted by Gasteiger charge is 2.35. The Balaban J connectivity index is 1.76. The van der Waals surface area contributed by atoms with Gasteiger partial charge in [-0.1, -0.05) is 6.07 Å². The van der Waals surface area contributed by atoms with Gasteiger partial charge in [0.25, 0.3) is 0 Å². The zero-order valence-electron chi connectivity index (χ0n) is 17.5. The van der Waals surface area contributed by atoms with Gasteiger partial charge < -0.3 is 10.1 Å². The zero-order valence-corrected chi connectivity index (χ0v) is 17.5. The van der Waals surface area contributed by atoms with Gasteiger partial charge in [0, 0.05) is 13.6 Å². The van der Waals surface area contributed by atoms with Crippen molar-refractivity contribution < 1.29 is 17.9 Å². The predicted molar refractivity (Wildman–Crippen MR) is 113 cm³/mol. The van der Waals surface area contributed by atoms with Crippen LogP contribution in [0.4, 0.5) is 19.0 Å². The molecule has 0 bridgehead atoms. The Morgan fingerprint density at radius 1 is 1.06 bits per heavy atom. The monoisotopic (exact) mass is 431 g/mol. The molecule has 3 aromatic rings. The quantitative estimate of drug-likeness (QED) is 0.619.